The number of phenols is 2. The number of aliphatic hydroxyl groups excluding tert-OH is 1. The van der Waals surface area contributed by atoms with E-state index in [-0.39, 0.29) is 47.5 Å². The van der Waals surface area contributed by atoms with Gasteiger partial charge in [0.15, 0.2) is 5.82 Å². The van der Waals surface area contributed by atoms with Gasteiger partial charge in [0.05, 0.1) is 17.6 Å². The molecule has 0 radical (unpaired) electrons. The van der Waals surface area contributed by atoms with Gasteiger partial charge in [0.25, 0.3) is 5.91 Å². The summed E-state index contributed by atoms with van der Waals surface area (Å²) < 4.78 is 1.61. The molecule has 0 spiro atoms. The van der Waals surface area contributed by atoms with Crippen molar-refractivity contribution in [2.24, 2.45) is 5.41 Å². The smallest absolute Gasteiger partial charge is 0.289 e. The molecule has 4 N–H and O–H groups in total. The third-order valence-corrected chi connectivity index (χ3v) is 7.59. The molecule has 0 unspecified atom stereocenters. The number of rotatable bonds is 8. The van der Waals surface area contributed by atoms with Gasteiger partial charge >= 0.3 is 0 Å². The van der Waals surface area contributed by atoms with Crippen molar-refractivity contribution >= 4 is 11.8 Å². The van der Waals surface area contributed by atoms with Crippen LogP contribution in [-0.2, 0) is 4.79 Å². The zero-order chi connectivity index (χ0) is 29.2. The number of phenolic OH excluding ortho intramolecular Hbond substituents is 2. The molecule has 0 aliphatic carbocycles. The van der Waals surface area contributed by atoms with Crippen LogP contribution in [0.4, 0.5) is 0 Å². The molecule has 2 amide bonds. The zero-order valence-corrected chi connectivity index (χ0v) is 23.8. The lowest BCUT2D eigenvalue weighted by atomic mass is 9.87. The average Bonchev–Trinajstić information content (AvgIpc) is 3.38. The summed E-state index contributed by atoms with van der Waals surface area (Å²) >= 11 is 0. The second-order valence-electron chi connectivity index (χ2n) is 11.3. The fourth-order valence-corrected chi connectivity index (χ4v) is 5.13. The molecule has 3 aromatic rings. The number of aromatic hydroxyl groups is 2. The fourth-order valence-electron chi connectivity index (χ4n) is 5.13. The van der Waals surface area contributed by atoms with Crippen LogP contribution in [0, 0.1) is 5.41 Å². The van der Waals surface area contributed by atoms with E-state index in [1.165, 1.54) is 6.07 Å². The first-order chi connectivity index (χ1) is 19.0. The highest BCUT2D eigenvalue weighted by Crippen LogP contribution is 2.38. The SMILES string of the molecule is CCNC(=O)c1nnc(-c2cc(C(C)C)c(O)cc2O)n1-c1ccc(C2CCN(C(=O)C(C)(C)CO)CC2)cc1. The van der Waals surface area contributed by atoms with Gasteiger partial charge in [-0.3, -0.25) is 14.2 Å². The van der Waals surface area contributed by atoms with E-state index in [1.807, 2.05) is 49.9 Å². The summed E-state index contributed by atoms with van der Waals surface area (Å²) in [5, 5.41) is 41.8. The molecule has 4 rings (SSSR count). The quantitative estimate of drug-likeness (QED) is 0.334. The van der Waals surface area contributed by atoms with Crippen molar-refractivity contribution in [3.05, 3.63) is 53.3 Å². The van der Waals surface area contributed by atoms with E-state index in [9.17, 15) is 24.9 Å². The number of nitrogens with one attached hydrogen (secondary N) is 1. The highest BCUT2D eigenvalue weighted by atomic mass is 16.3. The Hall–Kier alpha value is -3.92. The lowest BCUT2D eigenvalue weighted by Crippen LogP contribution is -2.46. The molecule has 1 saturated heterocycles. The molecule has 1 aliphatic rings. The van der Waals surface area contributed by atoms with Crippen molar-refractivity contribution in [1.82, 2.24) is 25.0 Å². The Bertz CT molecular complexity index is 1370. The monoisotopic (exact) mass is 549 g/mol. The van der Waals surface area contributed by atoms with E-state index in [0.717, 1.165) is 18.4 Å². The van der Waals surface area contributed by atoms with Crippen molar-refractivity contribution in [3.63, 3.8) is 0 Å². The minimum absolute atomic E-state index is 0.00529. The summed E-state index contributed by atoms with van der Waals surface area (Å²) in [6.07, 6.45) is 1.63. The van der Waals surface area contributed by atoms with Crippen LogP contribution in [0.25, 0.3) is 17.1 Å². The second kappa shape index (κ2) is 11.7. The summed E-state index contributed by atoms with van der Waals surface area (Å²) in [4.78, 5) is 27.5. The maximum absolute atomic E-state index is 12.9. The molecule has 1 fully saturated rings. The molecule has 1 aliphatic heterocycles. The van der Waals surface area contributed by atoms with Crippen LogP contribution < -0.4 is 5.32 Å². The fraction of sp³-hybridized carbons (Fsp3) is 0.467. The summed E-state index contributed by atoms with van der Waals surface area (Å²) in [5.41, 5.74) is 2.00. The molecule has 0 bridgehead atoms. The van der Waals surface area contributed by atoms with Crippen molar-refractivity contribution in [1.29, 1.82) is 0 Å². The number of nitrogens with zero attached hydrogens (tertiary/aromatic N) is 4. The molecule has 10 nitrogen and oxygen atoms in total. The van der Waals surface area contributed by atoms with Crippen LogP contribution in [0.5, 0.6) is 11.5 Å². The van der Waals surface area contributed by atoms with Gasteiger partial charge in [-0.15, -0.1) is 10.2 Å². The van der Waals surface area contributed by atoms with Gasteiger partial charge in [0.2, 0.25) is 11.7 Å². The number of benzene rings is 2. The van der Waals surface area contributed by atoms with Gasteiger partial charge in [0.1, 0.15) is 11.5 Å². The summed E-state index contributed by atoms with van der Waals surface area (Å²) in [7, 11) is 0. The van der Waals surface area contributed by atoms with Gasteiger partial charge in [-0.25, -0.2) is 0 Å². The van der Waals surface area contributed by atoms with Crippen molar-refractivity contribution in [2.45, 2.75) is 59.3 Å². The number of aromatic nitrogens is 3. The van der Waals surface area contributed by atoms with Crippen LogP contribution in [0.15, 0.2) is 36.4 Å². The first-order valence-electron chi connectivity index (χ1n) is 13.8. The molecule has 1 aromatic heterocycles. The number of aliphatic hydroxyl groups is 1. The van der Waals surface area contributed by atoms with Crippen LogP contribution in [0.3, 0.4) is 0 Å². The van der Waals surface area contributed by atoms with Gasteiger partial charge in [0, 0.05) is 31.4 Å². The first-order valence-corrected chi connectivity index (χ1v) is 13.8. The van der Waals surface area contributed by atoms with Gasteiger partial charge in [-0.2, -0.15) is 0 Å². The third kappa shape index (κ3) is 5.67. The second-order valence-corrected chi connectivity index (χ2v) is 11.3. The van der Waals surface area contributed by atoms with E-state index in [1.54, 1.807) is 24.5 Å². The topological polar surface area (TPSA) is 141 Å². The van der Waals surface area contributed by atoms with Gasteiger partial charge in [-0.05, 0) is 74.8 Å². The molecular formula is C30H39N5O5. The number of piperidine rings is 1. The van der Waals surface area contributed by atoms with E-state index in [2.05, 4.69) is 15.5 Å². The minimum atomic E-state index is -0.783. The number of carbonyl (C=O) groups excluding carboxylic acids is 2. The lowest BCUT2D eigenvalue weighted by Gasteiger charge is -2.36. The number of hydrogen-bond donors (Lipinski definition) is 4. The third-order valence-electron chi connectivity index (χ3n) is 7.59. The molecule has 0 atom stereocenters. The molecular weight excluding hydrogens is 510 g/mol. The Morgan fingerprint density at radius 2 is 1.70 bits per heavy atom. The Labute approximate surface area is 234 Å². The summed E-state index contributed by atoms with van der Waals surface area (Å²) in [6, 6.07) is 10.8. The van der Waals surface area contributed by atoms with Crippen LogP contribution in [-0.4, -0.2) is 73.0 Å². The van der Waals surface area contributed by atoms with E-state index in [0.29, 0.717) is 36.4 Å². The maximum Gasteiger partial charge on any atom is 0.289 e. The normalized spacial score (nSPS) is 14.5. The molecule has 214 valence electrons. The standard InChI is InChI=1S/C30H39N5O5/c1-6-31-28(39)27-33-32-26(23-15-22(18(2)3)24(37)16-25(23)38)35(27)21-9-7-19(8-10-21)20-11-13-34(14-12-20)29(40)30(4,5)17-36/h7-10,15-16,18,20,36-38H,6,11-14,17H2,1-5H3,(H,31,39). The maximum atomic E-state index is 12.9. The van der Waals surface area contributed by atoms with Crippen molar-refractivity contribution in [3.8, 4) is 28.6 Å². The molecule has 40 heavy (non-hydrogen) atoms. The number of hydrogen-bond acceptors (Lipinski definition) is 7. The lowest BCUT2D eigenvalue weighted by molar-refractivity contribution is -0.143. The van der Waals surface area contributed by atoms with E-state index < -0.39 is 11.3 Å². The predicted octanol–water partition coefficient (Wildman–Crippen LogP) is 3.94. The zero-order valence-electron chi connectivity index (χ0n) is 23.8. The van der Waals surface area contributed by atoms with Crippen molar-refractivity contribution in [2.75, 3.05) is 26.2 Å². The van der Waals surface area contributed by atoms with Crippen molar-refractivity contribution < 1.29 is 24.9 Å². The number of amides is 2. The summed E-state index contributed by atoms with van der Waals surface area (Å²) in [6.45, 7) is 10.7. The molecule has 10 heteroatoms. The summed E-state index contributed by atoms with van der Waals surface area (Å²) in [5.74, 6) is 0.0369. The molecule has 2 aromatic carbocycles. The molecule has 0 saturated carbocycles. The molecule has 2 heterocycles. The highest BCUT2D eigenvalue weighted by Gasteiger charge is 2.34. The van der Waals surface area contributed by atoms with Gasteiger partial charge < -0.3 is 25.5 Å². The van der Waals surface area contributed by atoms with E-state index >= 15 is 0 Å². The Morgan fingerprint density at radius 1 is 1.05 bits per heavy atom. The van der Waals surface area contributed by atoms with Crippen LogP contribution >= 0.6 is 0 Å². The minimum Gasteiger partial charge on any atom is -0.508 e. The number of likely N-dealkylation sites (tertiary alicyclic amines) is 1. The highest BCUT2D eigenvalue weighted by molar-refractivity contribution is 5.92. The average molecular weight is 550 g/mol. The first kappa shape index (κ1) is 29.1. The Kier molecular flexibility index (Phi) is 8.48. The van der Waals surface area contributed by atoms with E-state index in [4.69, 9.17) is 0 Å². The number of carbonyl (C=O) groups is 2. The Morgan fingerprint density at radius 3 is 2.27 bits per heavy atom. The van der Waals surface area contributed by atoms with Crippen LogP contribution in [0.2, 0.25) is 0 Å². The predicted molar refractivity (Wildman–Crippen MR) is 152 cm³/mol. The Balaban J connectivity index is 1.66. The largest absolute Gasteiger partial charge is 0.508 e. The van der Waals surface area contributed by atoms with Gasteiger partial charge in [-0.1, -0.05) is 26.0 Å². The van der Waals surface area contributed by atoms with Crippen LogP contribution in [0.1, 0.15) is 81.0 Å².